The number of para-hydroxylation sites is 1. The van der Waals surface area contributed by atoms with Gasteiger partial charge in [0, 0.05) is 0 Å². The van der Waals surface area contributed by atoms with Gasteiger partial charge < -0.3 is 10.5 Å². The van der Waals surface area contributed by atoms with Gasteiger partial charge in [-0.3, -0.25) is 5.32 Å². The number of carbonyl (C=O) groups is 1. The van der Waals surface area contributed by atoms with Gasteiger partial charge in [0.25, 0.3) is 0 Å². The van der Waals surface area contributed by atoms with Gasteiger partial charge in [0.1, 0.15) is 12.4 Å². The summed E-state index contributed by atoms with van der Waals surface area (Å²) in [5, 5.41) is 2.39. The molecule has 3 N–H and O–H groups in total. The Kier molecular flexibility index (Phi) is 4.95. The third-order valence-electron chi connectivity index (χ3n) is 3.70. The number of nitrogens with one attached hydrogen (secondary N) is 1. The summed E-state index contributed by atoms with van der Waals surface area (Å²) in [5.74, 6) is -0.485. The number of anilines is 1. The lowest BCUT2D eigenvalue weighted by atomic mass is 9.93. The number of hydrogen-bond donors (Lipinski definition) is 2. The van der Waals surface area contributed by atoms with Gasteiger partial charge in [0.05, 0.1) is 11.2 Å². The molecule has 1 aliphatic carbocycles. The molecule has 2 rings (SSSR count). The molecule has 20 heavy (non-hydrogen) atoms. The molecule has 1 aromatic carbocycles. The monoisotopic (exact) mass is 280 g/mol. The van der Waals surface area contributed by atoms with Crippen LogP contribution in [0.3, 0.4) is 0 Å². The minimum Gasteiger partial charge on any atom is -0.447 e. The molecule has 1 fully saturated rings. The topological polar surface area (TPSA) is 64.3 Å². The predicted molar refractivity (Wildman–Crippen MR) is 76.0 cm³/mol. The summed E-state index contributed by atoms with van der Waals surface area (Å²) in [7, 11) is 0. The van der Waals surface area contributed by atoms with Gasteiger partial charge in [-0.05, 0) is 25.0 Å². The molecular weight excluding hydrogens is 259 g/mol. The molecule has 0 radical (unpaired) electrons. The van der Waals surface area contributed by atoms with Crippen LogP contribution < -0.4 is 11.1 Å². The van der Waals surface area contributed by atoms with Crippen molar-refractivity contribution in [1.82, 2.24) is 0 Å². The van der Waals surface area contributed by atoms with Crippen molar-refractivity contribution in [3.8, 4) is 0 Å². The minimum absolute atomic E-state index is 0.115. The Hall–Kier alpha value is -1.62. The highest BCUT2D eigenvalue weighted by Gasteiger charge is 2.28. The lowest BCUT2D eigenvalue weighted by molar-refractivity contribution is 0.122. The Labute approximate surface area is 118 Å². The van der Waals surface area contributed by atoms with Crippen molar-refractivity contribution in [2.45, 2.75) is 44.1 Å². The Bertz CT molecular complexity index is 457. The molecule has 0 aromatic heterocycles. The summed E-state index contributed by atoms with van der Waals surface area (Å²) in [6.45, 7) is 0.174. The highest BCUT2D eigenvalue weighted by atomic mass is 19.1. The van der Waals surface area contributed by atoms with E-state index in [1.165, 1.54) is 25.0 Å². The van der Waals surface area contributed by atoms with E-state index in [1.54, 1.807) is 12.1 Å². The van der Waals surface area contributed by atoms with E-state index in [1.807, 2.05) is 0 Å². The quantitative estimate of drug-likeness (QED) is 0.834. The van der Waals surface area contributed by atoms with E-state index < -0.39 is 17.4 Å². The van der Waals surface area contributed by atoms with E-state index in [9.17, 15) is 9.18 Å². The van der Waals surface area contributed by atoms with Crippen LogP contribution in [-0.4, -0.2) is 18.2 Å². The van der Waals surface area contributed by atoms with Gasteiger partial charge in [0.2, 0.25) is 0 Å². The largest absolute Gasteiger partial charge is 0.447 e. The fourth-order valence-electron chi connectivity index (χ4n) is 2.49. The van der Waals surface area contributed by atoms with Crippen molar-refractivity contribution in [3.05, 3.63) is 30.1 Å². The maximum Gasteiger partial charge on any atom is 0.411 e. The van der Waals surface area contributed by atoms with E-state index in [2.05, 4.69) is 5.32 Å². The molecule has 110 valence electrons. The predicted octanol–water partition coefficient (Wildman–Crippen LogP) is 3.43. The Balaban J connectivity index is 1.84. The van der Waals surface area contributed by atoms with Crippen molar-refractivity contribution in [1.29, 1.82) is 0 Å². The number of carbonyl (C=O) groups excluding carboxylic acids is 1. The van der Waals surface area contributed by atoms with E-state index in [-0.39, 0.29) is 12.3 Å². The molecule has 1 aromatic rings. The van der Waals surface area contributed by atoms with Gasteiger partial charge in [-0.15, -0.1) is 0 Å². The number of rotatable bonds is 3. The Morgan fingerprint density at radius 1 is 1.25 bits per heavy atom. The van der Waals surface area contributed by atoms with Crippen LogP contribution in [-0.2, 0) is 4.74 Å². The molecular formula is C15H21FN2O2. The second-order valence-corrected chi connectivity index (χ2v) is 5.46. The Morgan fingerprint density at radius 3 is 2.55 bits per heavy atom. The zero-order valence-electron chi connectivity index (χ0n) is 11.5. The van der Waals surface area contributed by atoms with Gasteiger partial charge in [-0.25, -0.2) is 9.18 Å². The molecule has 0 unspecified atom stereocenters. The normalized spacial score (nSPS) is 18.1. The third-order valence-corrected chi connectivity index (χ3v) is 3.70. The van der Waals surface area contributed by atoms with E-state index in [4.69, 9.17) is 10.5 Å². The van der Waals surface area contributed by atoms with E-state index >= 15 is 0 Å². The molecule has 0 bridgehead atoms. The summed E-state index contributed by atoms with van der Waals surface area (Å²) < 4.78 is 18.5. The van der Waals surface area contributed by atoms with Crippen LogP contribution in [0, 0.1) is 5.82 Å². The van der Waals surface area contributed by atoms with Crippen LogP contribution in [0.1, 0.15) is 38.5 Å². The maximum atomic E-state index is 13.4. The van der Waals surface area contributed by atoms with Crippen LogP contribution in [0.15, 0.2) is 24.3 Å². The molecule has 0 spiro atoms. The van der Waals surface area contributed by atoms with Crippen LogP contribution in [0.5, 0.6) is 0 Å². The first-order valence-corrected chi connectivity index (χ1v) is 7.06. The van der Waals surface area contributed by atoms with Gasteiger partial charge in [-0.1, -0.05) is 37.8 Å². The van der Waals surface area contributed by atoms with Crippen LogP contribution >= 0.6 is 0 Å². The second kappa shape index (κ2) is 6.70. The molecule has 1 amide bonds. The third kappa shape index (κ3) is 4.20. The highest BCUT2D eigenvalue weighted by molar-refractivity contribution is 5.84. The van der Waals surface area contributed by atoms with Crippen LogP contribution in [0.25, 0.3) is 0 Å². The van der Waals surface area contributed by atoms with Gasteiger partial charge in [-0.2, -0.15) is 0 Å². The summed E-state index contributed by atoms with van der Waals surface area (Å²) in [4.78, 5) is 11.7. The average Bonchev–Trinajstić information content (AvgIpc) is 2.65. The number of benzene rings is 1. The first-order valence-electron chi connectivity index (χ1n) is 7.06. The van der Waals surface area contributed by atoms with Crippen molar-refractivity contribution < 1.29 is 13.9 Å². The summed E-state index contributed by atoms with van der Waals surface area (Å²) in [5.41, 5.74) is 5.93. The SMILES string of the molecule is NC1(COC(=O)Nc2ccccc2F)CCCCCC1. The molecule has 0 aliphatic heterocycles. The van der Waals surface area contributed by atoms with E-state index in [0.29, 0.717) is 0 Å². The molecule has 4 nitrogen and oxygen atoms in total. The van der Waals surface area contributed by atoms with Crippen molar-refractivity contribution in [3.63, 3.8) is 0 Å². The number of nitrogens with two attached hydrogens (primary N) is 1. The minimum atomic E-state index is -0.663. The van der Waals surface area contributed by atoms with Crippen molar-refractivity contribution >= 4 is 11.8 Å². The average molecular weight is 280 g/mol. The highest BCUT2D eigenvalue weighted by Crippen LogP contribution is 2.25. The summed E-state index contributed by atoms with van der Waals surface area (Å²) in [6, 6.07) is 5.98. The van der Waals surface area contributed by atoms with E-state index in [0.717, 1.165) is 25.7 Å². The number of ether oxygens (including phenoxy) is 1. The summed E-state index contributed by atoms with van der Waals surface area (Å²) in [6.07, 6.45) is 5.55. The molecule has 0 atom stereocenters. The van der Waals surface area contributed by atoms with Crippen LogP contribution in [0.2, 0.25) is 0 Å². The fraction of sp³-hybridized carbons (Fsp3) is 0.533. The standard InChI is InChI=1S/C15H21FN2O2/c16-12-7-3-4-8-13(12)18-14(19)20-11-15(17)9-5-1-2-6-10-15/h3-4,7-8H,1-2,5-6,9-11,17H2,(H,18,19). The van der Waals surface area contributed by atoms with Gasteiger partial charge in [0.15, 0.2) is 0 Å². The first kappa shape index (κ1) is 14.8. The maximum absolute atomic E-state index is 13.4. The molecule has 0 saturated heterocycles. The summed E-state index contributed by atoms with van der Waals surface area (Å²) >= 11 is 0. The lowest BCUT2D eigenvalue weighted by Gasteiger charge is -2.27. The first-order chi connectivity index (χ1) is 9.59. The molecule has 5 heteroatoms. The van der Waals surface area contributed by atoms with Crippen LogP contribution in [0.4, 0.5) is 14.9 Å². The second-order valence-electron chi connectivity index (χ2n) is 5.46. The molecule has 1 aliphatic rings. The van der Waals surface area contributed by atoms with Crippen molar-refractivity contribution in [2.75, 3.05) is 11.9 Å². The smallest absolute Gasteiger partial charge is 0.411 e. The van der Waals surface area contributed by atoms with Crippen molar-refractivity contribution in [2.24, 2.45) is 5.73 Å². The molecule has 0 heterocycles. The lowest BCUT2D eigenvalue weighted by Crippen LogP contribution is -2.45. The number of hydrogen-bond acceptors (Lipinski definition) is 3. The molecule has 1 saturated carbocycles. The zero-order chi connectivity index (χ0) is 14.4. The number of halogens is 1. The van der Waals surface area contributed by atoms with Gasteiger partial charge >= 0.3 is 6.09 Å². The number of amides is 1. The Morgan fingerprint density at radius 2 is 1.90 bits per heavy atom. The fourth-order valence-corrected chi connectivity index (χ4v) is 2.49. The zero-order valence-corrected chi connectivity index (χ0v) is 11.5.